The van der Waals surface area contributed by atoms with Crippen LogP contribution in [0.4, 0.5) is 0 Å². The maximum Gasteiger partial charge on any atom is 0.115 e. The summed E-state index contributed by atoms with van der Waals surface area (Å²) in [5, 5.41) is 3.38. The Morgan fingerprint density at radius 1 is 1.06 bits per heavy atom. The third kappa shape index (κ3) is 2.87. The first kappa shape index (κ1) is 10.8. The zero-order valence-electron chi connectivity index (χ0n) is 9.35. The lowest BCUT2D eigenvalue weighted by Gasteiger charge is -2.07. The van der Waals surface area contributed by atoms with Crippen LogP contribution in [0.25, 0.3) is 0 Å². The molecule has 1 N–H and O–H groups in total. The molecule has 3 heteroatoms. The first-order valence-corrected chi connectivity index (χ1v) is 5.35. The summed E-state index contributed by atoms with van der Waals surface area (Å²) < 4.78 is 0. The van der Waals surface area contributed by atoms with Crippen molar-refractivity contribution in [2.45, 2.75) is 20.0 Å². The second-order valence-corrected chi connectivity index (χ2v) is 3.78. The highest BCUT2D eigenvalue weighted by Crippen LogP contribution is 2.06. The average molecular weight is 213 g/mol. The van der Waals surface area contributed by atoms with Gasteiger partial charge in [0.15, 0.2) is 0 Å². The molecule has 0 aliphatic carbocycles. The largest absolute Gasteiger partial charge is 0.308 e. The van der Waals surface area contributed by atoms with E-state index in [1.165, 1.54) is 11.1 Å². The van der Waals surface area contributed by atoms with Gasteiger partial charge in [-0.25, -0.2) is 9.97 Å². The summed E-state index contributed by atoms with van der Waals surface area (Å²) in [6.07, 6.45) is 5.21. The molecule has 0 amide bonds. The van der Waals surface area contributed by atoms with Gasteiger partial charge in [0, 0.05) is 31.0 Å². The minimum Gasteiger partial charge on any atom is -0.308 e. The van der Waals surface area contributed by atoms with Crippen LogP contribution < -0.4 is 5.32 Å². The molecule has 0 saturated heterocycles. The van der Waals surface area contributed by atoms with E-state index in [1.54, 1.807) is 6.33 Å². The lowest BCUT2D eigenvalue weighted by atomic mass is 10.1. The molecule has 1 aromatic carbocycles. The van der Waals surface area contributed by atoms with Gasteiger partial charge in [-0.3, -0.25) is 0 Å². The smallest absolute Gasteiger partial charge is 0.115 e. The molecule has 2 rings (SSSR count). The summed E-state index contributed by atoms with van der Waals surface area (Å²) >= 11 is 0. The van der Waals surface area contributed by atoms with Crippen LogP contribution in [0.1, 0.15) is 16.7 Å². The SMILES string of the molecule is Cc1ccccc1CNCc1cncnc1. The van der Waals surface area contributed by atoms with E-state index >= 15 is 0 Å². The van der Waals surface area contributed by atoms with Gasteiger partial charge in [0.05, 0.1) is 0 Å². The van der Waals surface area contributed by atoms with E-state index in [0.717, 1.165) is 18.7 Å². The molecular formula is C13H15N3. The van der Waals surface area contributed by atoms with Gasteiger partial charge < -0.3 is 5.32 Å². The Balaban J connectivity index is 1.87. The van der Waals surface area contributed by atoms with Crippen molar-refractivity contribution in [2.75, 3.05) is 0 Å². The van der Waals surface area contributed by atoms with Crippen LogP contribution in [0.5, 0.6) is 0 Å². The van der Waals surface area contributed by atoms with Crippen LogP contribution in [0.3, 0.4) is 0 Å². The zero-order valence-corrected chi connectivity index (χ0v) is 9.35. The van der Waals surface area contributed by atoms with E-state index in [1.807, 2.05) is 12.4 Å². The van der Waals surface area contributed by atoms with E-state index < -0.39 is 0 Å². The van der Waals surface area contributed by atoms with Crippen molar-refractivity contribution in [2.24, 2.45) is 0 Å². The maximum atomic E-state index is 3.98. The van der Waals surface area contributed by atoms with Gasteiger partial charge in [-0.1, -0.05) is 24.3 Å². The van der Waals surface area contributed by atoms with E-state index in [9.17, 15) is 0 Å². The molecule has 1 aromatic heterocycles. The number of aromatic nitrogens is 2. The molecule has 0 saturated carbocycles. The van der Waals surface area contributed by atoms with Gasteiger partial charge in [0.1, 0.15) is 6.33 Å². The first-order valence-electron chi connectivity index (χ1n) is 5.35. The van der Waals surface area contributed by atoms with Crippen LogP contribution in [0.15, 0.2) is 43.0 Å². The number of benzene rings is 1. The Bertz CT molecular complexity index is 440. The number of hydrogen-bond donors (Lipinski definition) is 1. The van der Waals surface area contributed by atoms with Gasteiger partial charge in [-0.2, -0.15) is 0 Å². The van der Waals surface area contributed by atoms with Gasteiger partial charge in [0.2, 0.25) is 0 Å². The Kier molecular flexibility index (Phi) is 3.62. The fraction of sp³-hybridized carbons (Fsp3) is 0.231. The third-order valence-corrected chi connectivity index (χ3v) is 2.52. The number of rotatable bonds is 4. The predicted octanol–water partition coefficient (Wildman–Crippen LogP) is 2.07. The second kappa shape index (κ2) is 5.37. The molecule has 0 bridgehead atoms. The molecule has 3 nitrogen and oxygen atoms in total. The van der Waals surface area contributed by atoms with Crippen molar-refractivity contribution in [1.82, 2.24) is 15.3 Å². The van der Waals surface area contributed by atoms with Crippen LogP contribution in [-0.4, -0.2) is 9.97 Å². The van der Waals surface area contributed by atoms with Crippen LogP contribution in [-0.2, 0) is 13.1 Å². The van der Waals surface area contributed by atoms with Crippen LogP contribution in [0, 0.1) is 6.92 Å². The predicted molar refractivity (Wildman–Crippen MR) is 63.8 cm³/mol. The summed E-state index contributed by atoms with van der Waals surface area (Å²) in [7, 11) is 0. The normalized spacial score (nSPS) is 10.3. The minimum atomic E-state index is 0.801. The number of nitrogens with zero attached hydrogens (tertiary/aromatic N) is 2. The molecule has 0 spiro atoms. The van der Waals surface area contributed by atoms with Gasteiger partial charge >= 0.3 is 0 Å². The van der Waals surface area contributed by atoms with E-state index in [2.05, 4.69) is 46.5 Å². The molecule has 0 radical (unpaired) electrons. The highest BCUT2D eigenvalue weighted by molar-refractivity contribution is 5.25. The van der Waals surface area contributed by atoms with Crippen molar-refractivity contribution in [1.29, 1.82) is 0 Å². The summed E-state index contributed by atoms with van der Waals surface area (Å²) in [5.41, 5.74) is 3.76. The van der Waals surface area contributed by atoms with E-state index in [-0.39, 0.29) is 0 Å². The number of aryl methyl sites for hydroxylation is 1. The third-order valence-electron chi connectivity index (χ3n) is 2.52. The fourth-order valence-corrected chi connectivity index (χ4v) is 1.57. The highest BCUT2D eigenvalue weighted by Gasteiger charge is 1.96. The Morgan fingerprint density at radius 3 is 2.56 bits per heavy atom. The maximum absolute atomic E-state index is 3.98. The zero-order chi connectivity index (χ0) is 11.2. The standard InChI is InChI=1S/C13H15N3/c1-11-4-2-3-5-13(11)9-14-6-12-7-15-10-16-8-12/h2-5,7-8,10,14H,6,9H2,1H3. The van der Waals surface area contributed by atoms with Crippen LogP contribution in [0.2, 0.25) is 0 Å². The molecule has 82 valence electrons. The molecule has 0 atom stereocenters. The summed E-state index contributed by atoms with van der Waals surface area (Å²) in [4.78, 5) is 7.95. The molecular weight excluding hydrogens is 198 g/mol. The topological polar surface area (TPSA) is 37.8 Å². The summed E-state index contributed by atoms with van der Waals surface area (Å²) in [6.45, 7) is 3.80. The van der Waals surface area contributed by atoms with Gasteiger partial charge in [-0.15, -0.1) is 0 Å². The van der Waals surface area contributed by atoms with Crippen molar-refractivity contribution in [3.63, 3.8) is 0 Å². The highest BCUT2D eigenvalue weighted by atomic mass is 14.9. The fourth-order valence-electron chi connectivity index (χ4n) is 1.57. The lowest BCUT2D eigenvalue weighted by Crippen LogP contribution is -2.13. The van der Waals surface area contributed by atoms with Gasteiger partial charge in [-0.05, 0) is 18.1 Å². The lowest BCUT2D eigenvalue weighted by molar-refractivity contribution is 0.686. The molecule has 0 aliphatic rings. The van der Waals surface area contributed by atoms with Crippen molar-refractivity contribution >= 4 is 0 Å². The van der Waals surface area contributed by atoms with Gasteiger partial charge in [0.25, 0.3) is 0 Å². The number of nitrogens with one attached hydrogen (secondary N) is 1. The molecule has 16 heavy (non-hydrogen) atoms. The van der Waals surface area contributed by atoms with Crippen LogP contribution >= 0.6 is 0 Å². The van der Waals surface area contributed by atoms with Crippen molar-refractivity contribution in [3.05, 3.63) is 59.7 Å². The monoisotopic (exact) mass is 213 g/mol. The summed E-state index contributed by atoms with van der Waals surface area (Å²) in [6, 6.07) is 8.39. The Morgan fingerprint density at radius 2 is 1.81 bits per heavy atom. The van der Waals surface area contributed by atoms with Crippen molar-refractivity contribution < 1.29 is 0 Å². The quantitative estimate of drug-likeness (QED) is 0.845. The minimum absolute atomic E-state index is 0.801. The molecule has 0 unspecified atom stereocenters. The second-order valence-electron chi connectivity index (χ2n) is 3.78. The van der Waals surface area contributed by atoms with Crippen molar-refractivity contribution in [3.8, 4) is 0 Å². The molecule has 2 aromatic rings. The number of hydrogen-bond acceptors (Lipinski definition) is 3. The first-order chi connectivity index (χ1) is 7.86. The molecule has 1 heterocycles. The average Bonchev–Trinajstić information content (AvgIpc) is 2.33. The molecule has 0 fully saturated rings. The van der Waals surface area contributed by atoms with E-state index in [4.69, 9.17) is 0 Å². The van der Waals surface area contributed by atoms with E-state index in [0.29, 0.717) is 0 Å². The molecule has 0 aliphatic heterocycles. The Labute approximate surface area is 95.6 Å². The Hall–Kier alpha value is -1.74. The summed E-state index contributed by atoms with van der Waals surface area (Å²) in [5.74, 6) is 0.